The summed E-state index contributed by atoms with van der Waals surface area (Å²) in [5.74, 6) is -0.525. The van der Waals surface area contributed by atoms with Crippen molar-refractivity contribution in [2.45, 2.75) is 78.2 Å². The molecule has 2 aromatic carbocycles. The van der Waals surface area contributed by atoms with Gasteiger partial charge in [-0.05, 0) is 62.3 Å². The van der Waals surface area contributed by atoms with Crippen molar-refractivity contribution in [3.63, 3.8) is 0 Å². The van der Waals surface area contributed by atoms with E-state index in [2.05, 4.69) is 55.3 Å². The van der Waals surface area contributed by atoms with Crippen LogP contribution < -0.4 is 15.0 Å². The second-order valence-electron chi connectivity index (χ2n) is 9.70. The Kier molecular flexibility index (Phi) is 9.80. The van der Waals surface area contributed by atoms with Gasteiger partial charge in [-0.15, -0.1) is 0 Å². The molecule has 1 atom stereocenters. The van der Waals surface area contributed by atoms with E-state index in [0.29, 0.717) is 12.4 Å². The highest BCUT2D eigenvalue weighted by atomic mass is 16.5. The Morgan fingerprint density at radius 3 is 2.33 bits per heavy atom. The third-order valence-electron chi connectivity index (χ3n) is 7.63. The maximum absolute atomic E-state index is 13.6. The van der Waals surface area contributed by atoms with Crippen molar-refractivity contribution in [2.75, 3.05) is 24.6 Å². The summed E-state index contributed by atoms with van der Waals surface area (Å²) in [7, 11) is 0. The lowest BCUT2D eigenvalue weighted by Gasteiger charge is -2.44. The lowest BCUT2D eigenvalue weighted by atomic mass is 9.72. The number of rotatable bonds is 12. The fraction of sp³-hybridized carbons (Fsp3) is 0.533. The van der Waals surface area contributed by atoms with Gasteiger partial charge in [-0.3, -0.25) is 4.79 Å². The quantitative estimate of drug-likeness (QED) is 0.369. The number of para-hydroxylation sites is 1. The van der Waals surface area contributed by atoms with Crippen molar-refractivity contribution in [3.05, 3.63) is 59.2 Å². The number of benzene rings is 2. The molecule has 1 aliphatic rings. The summed E-state index contributed by atoms with van der Waals surface area (Å²) in [6.45, 7) is 10.8. The number of carbonyl (C=O) groups excluding carboxylic acids is 1. The molecular formula is C30H42N2O4. The number of ether oxygens (including phenoxy) is 1. The van der Waals surface area contributed by atoms with Crippen molar-refractivity contribution in [3.8, 4) is 5.75 Å². The van der Waals surface area contributed by atoms with Gasteiger partial charge >= 0.3 is 5.97 Å². The van der Waals surface area contributed by atoms with Crippen LogP contribution in [0.3, 0.4) is 0 Å². The number of nitrogens with zero attached hydrogens (tertiary/aromatic N) is 1. The number of hydrogen-bond donors (Lipinski definition) is 2. The van der Waals surface area contributed by atoms with Gasteiger partial charge in [0, 0.05) is 24.3 Å². The molecule has 196 valence electrons. The van der Waals surface area contributed by atoms with Crippen molar-refractivity contribution in [1.29, 1.82) is 0 Å². The molecule has 1 aliphatic heterocycles. The molecule has 0 aromatic heterocycles. The average molecular weight is 495 g/mol. The number of carbonyl (C=O) groups is 2. The molecule has 1 amide bonds. The monoisotopic (exact) mass is 494 g/mol. The molecule has 0 spiro atoms. The van der Waals surface area contributed by atoms with Gasteiger partial charge in [0.15, 0.2) is 0 Å². The van der Waals surface area contributed by atoms with E-state index in [1.165, 1.54) is 36.6 Å². The van der Waals surface area contributed by atoms with Crippen LogP contribution in [0.15, 0.2) is 42.5 Å². The Hall–Kier alpha value is -3.02. The molecule has 0 bridgehead atoms. The first kappa shape index (κ1) is 27.6. The van der Waals surface area contributed by atoms with Crippen molar-refractivity contribution in [2.24, 2.45) is 5.92 Å². The minimum Gasteiger partial charge on any atom is -0.493 e. The van der Waals surface area contributed by atoms with E-state index in [0.717, 1.165) is 37.9 Å². The number of amides is 1. The van der Waals surface area contributed by atoms with Crippen LogP contribution in [0.1, 0.15) is 87.7 Å². The van der Waals surface area contributed by atoms with Gasteiger partial charge in [-0.2, -0.15) is 0 Å². The molecule has 0 radical (unpaired) electrons. The van der Waals surface area contributed by atoms with Crippen LogP contribution in [0.25, 0.3) is 0 Å². The molecule has 1 unspecified atom stereocenters. The van der Waals surface area contributed by atoms with Gasteiger partial charge in [-0.1, -0.05) is 57.9 Å². The number of nitrogens with one attached hydrogen (secondary N) is 1. The normalized spacial score (nSPS) is 15.4. The lowest BCUT2D eigenvalue weighted by molar-refractivity contribution is -0.123. The molecule has 6 nitrogen and oxygen atoms in total. The second-order valence-corrected chi connectivity index (χ2v) is 9.70. The average Bonchev–Trinajstić information content (AvgIpc) is 2.89. The molecule has 2 N–H and O–H groups in total. The first-order valence-electron chi connectivity index (χ1n) is 13.5. The molecule has 0 aliphatic carbocycles. The predicted octanol–water partition coefficient (Wildman–Crippen LogP) is 6.17. The van der Waals surface area contributed by atoms with Crippen LogP contribution in [-0.4, -0.2) is 36.7 Å². The van der Waals surface area contributed by atoms with Gasteiger partial charge in [-0.25, -0.2) is 4.79 Å². The Balaban J connectivity index is 1.97. The second kappa shape index (κ2) is 12.8. The zero-order chi connectivity index (χ0) is 26.1. The van der Waals surface area contributed by atoms with E-state index in [1.807, 2.05) is 6.92 Å². The van der Waals surface area contributed by atoms with E-state index < -0.39 is 11.5 Å². The molecule has 0 saturated carbocycles. The molecule has 36 heavy (non-hydrogen) atoms. The Bertz CT molecular complexity index is 1030. The number of piperidine rings is 1. The number of anilines is 1. The number of hydrogen-bond acceptors (Lipinski definition) is 4. The molecule has 1 heterocycles. The maximum atomic E-state index is 13.6. The van der Waals surface area contributed by atoms with Crippen LogP contribution in [0.4, 0.5) is 5.69 Å². The summed E-state index contributed by atoms with van der Waals surface area (Å²) >= 11 is 0. The van der Waals surface area contributed by atoms with E-state index in [9.17, 15) is 14.7 Å². The third-order valence-corrected chi connectivity index (χ3v) is 7.63. The van der Waals surface area contributed by atoms with Crippen LogP contribution in [0.5, 0.6) is 5.75 Å². The molecule has 1 saturated heterocycles. The van der Waals surface area contributed by atoms with Gasteiger partial charge in [0.05, 0.1) is 18.6 Å². The van der Waals surface area contributed by atoms with Gasteiger partial charge < -0.3 is 20.1 Å². The zero-order valence-electron chi connectivity index (χ0n) is 22.3. The molecule has 1 fully saturated rings. The standard InChI is InChI=1S/C30H42N2O4/c1-5-23(6-2)30(7-3,25-14-10-11-15-26(25)32-18-12-9-13-19-32)31-28(33)21-22-16-17-24(29(34)35)27(20-22)36-8-4/h10-11,14-17,20,23H,5-9,12-13,18-19,21H2,1-4H3,(H,31,33)(H,34,35). The van der Waals surface area contributed by atoms with Crippen LogP contribution in [0.2, 0.25) is 0 Å². The fourth-order valence-electron chi connectivity index (χ4n) is 5.81. The minimum atomic E-state index is -1.04. The summed E-state index contributed by atoms with van der Waals surface area (Å²) in [6, 6.07) is 13.5. The van der Waals surface area contributed by atoms with Crippen LogP contribution in [-0.2, 0) is 16.8 Å². The summed E-state index contributed by atoms with van der Waals surface area (Å²) in [5.41, 5.74) is 2.79. The Morgan fingerprint density at radius 2 is 1.72 bits per heavy atom. The SMILES string of the molecule is CCOc1cc(CC(=O)NC(CC)(c2ccccc2N2CCCCC2)C(CC)CC)ccc1C(=O)O. The topological polar surface area (TPSA) is 78.9 Å². The molecular weight excluding hydrogens is 452 g/mol. The fourth-order valence-corrected chi connectivity index (χ4v) is 5.81. The highest BCUT2D eigenvalue weighted by Crippen LogP contribution is 2.42. The van der Waals surface area contributed by atoms with Gasteiger partial charge in [0.1, 0.15) is 11.3 Å². The Labute approximate surface area is 216 Å². The molecule has 3 rings (SSSR count). The number of carboxylic acids is 1. The minimum absolute atomic E-state index is 0.0669. The smallest absolute Gasteiger partial charge is 0.339 e. The van der Waals surface area contributed by atoms with E-state index in [-0.39, 0.29) is 23.8 Å². The van der Waals surface area contributed by atoms with Gasteiger partial charge in [0.2, 0.25) is 5.91 Å². The zero-order valence-corrected chi connectivity index (χ0v) is 22.3. The lowest BCUT2D eigenvalue weighted by Crippen LogP contribution is -2.52. The first-order valence-corrected chi connectivity index (χ1v) is 13.5. The van der Waals surface area contributed by atoms with E-state index in [1.54, 1.807) is 12.1 Å². The van der Waals surface area contributed by atoms with Crippen LogP contribution in [0, 0.1) is 5.92 Å². The highest BCUT2D eigenvalue weighted by Gasteiger charge is 2.40. The highest BCUT2D eigenvalue weighted by molar-refractivity contribution is 5.91. The summed E-state index contributed by atoms with van der Waals surface area (Å²) in [4.78, 5) is 27.6. The largest absolute Gasteiger partial charge is 0.493 e. The Morgan fingerprint density at radius 1 is 1.03 bits per heavy atom. The molecule has 2 aromatic rings. The number of aromatic carboxylic acids is 1. The van der Waals surface area contributed by atoms with Gasteiger partial charge in [0.25, 0.3) is 0 Å². The summed E-state index contributed by atoms with van der Waals surface area (Å²) in [5, 5.41) is 13.0. The molecule has 6 heteroatoms. The van der Waals surface area contributed by atoms with Crippen molar-refractivity contribution in [1.82, 2.24) is 5.32 Å². The van der Waals surface area contributed by atoms with Crippen molar-refractivity contribution < 1.29 is 19.4 Å². The number of carboxylic acid groups (broad SMARTS) is 1. The summed E-state index contributed by atoms with van der Waals surface area (Å²) < 4.78 is 5.55. The first-order chi connectivity index (χ1) is 17.4. The van der Waals surface area contributed by atoms with E-state index >= 15 is 0 Å². The van der Waals surface area contributed by atoms with Crippen molar-refractivity contribution >= 4 is 17.6 Å². The summed E-state index contributed by atoms with van der Waals surface area (Å²) in [6.07, 6.45) is 6.53. The predicted molar refractivity (Wildman–Crippen MR) is 145 cm³/mol. The van der Waals surface area contributed by atoms with E-state index in [4.69, 9.17) is 4.74 Å². The van der Waals surface area contributed by atoms with Crippen LogP contribution >= 0.6 is 0 Å². The maximum Gasteiger partial charge on any atom is 0.339 e. The third kappa shape index (κ3) is 6.03.